The number of rotatable bonds is 0. The fraction of sp³-hybridized carbons (Fsp3) is 0. The molecule has 0 amide bonds. The fourth-order valence-electron chi connectivity index (χ4n) is 0. The zero-order chi connectivity index (χ0) is 7.15. The predicted molar refractivity (Wildman–Crippen MR) is 0 cm³/mol. The molecule has 0 aliphatic carbocycles. The van der Waals surface area contributed by atoms with Crippen LogP contribution in [0.5, 0.6) is 0 Å². The summed E-state index contributed by atoms with van der Waals surface area (Å²) >= 11 is 0. The minimum atomic E-state index is -2.85. The van der Waals surface area contributed by atoms with Crippen LogP contribution in [0, 0.1) is 21.6 Å². The molecule has 0 fully saturated rings. The Morgan fingerprint density at radius 1 is 0.556 bits per heavy atom. The average molecular weight is 206 g/mol. The van der Waals surface area contributed by atoms with E-state index in [0.29, 0.717) is 0 Å². The summed E-state index contributed by atoms with van der Waals surface area (Å²) < 4.78 is 50.4. The van der Waals surface area contributed by atoms with E-state index in [2.05, 4.69) is 0 Å². The van der Waals surface area contributed by atoms with Gasteiger partial charge in [0, 0.05) is 0 Å². The molecule has 9 heteroatoms. The summed E-state index contributed by atoms with van der Waals surface area (Å²) in [6, 6.07) is 0. The molecule has 0 N–H and O–H groups in total. The number of hydrogen-bond donors (Lipinski definition) is 0. The second kappa shape index (κ2) is 12.6. The molecule has 0 unspecified atom stereocenters. The van der Waals surface area contributed by atoms with Gasteiger partial charge in [0.25, 0.3) is 0 Å². The Hall–Kier alpha value is 1.98. The van der Waals surface area contributed by atoms with Crippen LogP contribution in [0.4, 0.5) is 0 Å². The van der Waals surface area contributed by atoms with E-state index in [9.17, 15) is 0 Å². The van der Waals surface area contributed by atoms with Crippen molar-refractivity contribution in [2.45, 2.75) is 0 Å². The minimum absolute atomic E-state index is 0. The number of halogens is 2. The smallest absolute Gasteiger partial charge is 0.357 e. The molecule has 0 saturated heterocycles. The standard InChI is InChI=1S/2ClO3.K/c2*2-1(3)4;/q2*-1;+1. The first-order chi connectivity index (χ1) is 3.46. The van der Waals surface area contributed by atoms with Crippen LogP contribution in [0.25, 0.3) is 0 Å². The molecule has 0 rings (SSSR count). The van der Waals surface area contributed by atoms with Gasteiger partial charge >= 0.3 is 51.4 Å². The quantitative estimate of drug-likeness (QED) is 0.360. The molecule has 0 aromatic rings. The maximum atomic E-state index is 8.41. The van der Waals surface area contributed by atoms with Crippen molar-refractivity contribution in [3.63, 3.8) is 0 Å². The van der Waals surface area contributed by atoms with E-state index in [1.54, 1.807) is 0 Å². The van der Waals surface area contributed by atoms with Crippen LogP contribution in [0.3, 0.4) is 0 Å². The first kappa shape index (κ1) is 17.2. The summed E-state index contributed by atoms with van der Waals surface area (Å²) in [5, 5.41) is 0. The van der Waals surface area contributed by atoms with Gasteiger partial charge in [0.1, 0.15) is 0 Å². The Labute approximate surface area is 99.3 Å². The molecule has 0 aliphatic heterocycles. The molecule has 0 bridgehead atoms. The van der Waals surface area contributed by atoms with Crippen molar-refractivity contribution in [2.75, 3.05) is 0 Å². The van der Waals surface area contributed by atoms with Crippen molar-refractivity contribution in [3.8, 4) is 0 Å². The van der Waals surface area contributed by atoms with Crippen LogP contribution in [-0.2, 0) is 0 Å². The van der Waals surface area contributed by atoms with E-state index in [1.807, 2.05) is 0 Å². The zero-order valence-corrected chi connectivity index (χ0v) is 8.84. The monoisotopic (exact) mass is 205 g/mol. The third kappa shape index (κ3) is 162. The maximum absolute atomic E-state index is 8.41. The molecule has 0 aromatic heterocycles. The van der Waals surface area contributed by atoms with Crippen molar-refractivity contribution in [1.82, 2.24) is 0 Å². The Morgan fingerprint density at radius 3 is 0.556 bits per heavy atom. The third-order valence-corrected chi connectivity index (χ3v) is 0. The topological polar surface area (TPSA) is 138 Å². The summed E-state index contributed by atoms with van der Waals surface area (Å²) in [4.78, 5) is 0. The molecule has 9 heavy (non-hydrogen) atoms. The van der Waals surface area contributed by atoms with Gasteiger partial charge in [-0.3, -0.25) is 0 Å². The van der Waals surface area contributed by atoms with E-state index in [1.165, 1.54) is 0 Å². The van der Waals surface area contributed by atoms with E-state index in [0.717, 1.165) is 0 Å². The second-order valence-corrected chi connectivity index (χ2v) is 1.13. The summed E-state index contributed by atoms with van der Waals surface area (Å²) in [7, 11) is -5.70. The molecule has 0 saturated carbocycles. The van der Waals surface area contributed by atoms with Crippen LogP contribution < -0.4 is 79.3 Å². The Balaban J connectivity index is -0.0000000720. The third-order valence-electron chi connectivity index (χ3n) is 0. The van der Waals surface area contributed by atoms with E-state index >= 15 is 0 Å². The van der Waals surface area contributed by atoms with Crippen LogP contribution in [-0.4, -0.2) is 0 Å². The maximum Gasteiger partial charge on any atom is 1.00 e. The first-order valence-corrected chi connectivity index (χ1v) is 2.78. The summed E-state index contributed by atoms with van der Waals surface area (Å²) in [5.41, 5.74) is 0. The summed E-state index contributed by atoms with van der Waals surface area (Å²) in [6.45, 7) is 0. The summed E-state index contributed by atoms with van der Waals surface area (Å²) in [5.74, 6) is 0. The van der Waals surface area contributed by atoms with Crippen molar-refractivity contribution in [3.05, 3.63) is 0 Å². The van der Waals surface area contributed by atoms with Gasteiger partial charge in [0.2, 0.25) is 0 Å². The Bertz CT molecular complexity index is 26.5. The largest absolute Gasteiger partial charge is 1.00 e. The van der Waals surface area contributed by atoms with Gasteiger partial charge in [0.15, 0.2) is 0 Å². The average Bonchev–Trinajstić information content (AvgIpc) is 1.25. The van der Waals surface area contributed by atoms with Gasteiger partial charge in [-0.1, -0.05) is 0 Å². The molecular formula is Cl2KO6-. The van der Waals surface area contributed by atoms with Gasteiger partial charge in [-0.05, 0) is 0 Å². The molecule has 0 atom stereocenters. The van der Waals surface area contributed by atoms with Crippen LogP contribution in [0.15, 0.2) is 0 Å². The summed E-state index contributed by atoms with van der Waals surface area (Å²) in [6.07, 6.45) is 0. The SMILES string of the molecule is [K+].[O-][Cl+2]([O-])[O-].[O-][Cl+2]([O-])[O-]. The van der Waals surface area contributed by atoms with Gasteiger partial charge < -0.3 is 28.0 Å². The van der Waals surface area contributed by atoms with Crippen molar-refractivity contribution in [1.29, 1.82) is 0 Å². The molecular weight excluding hydrogens is 206 g/mol. The van der Waals surface area contributed by atoms with Crippen LogP contribution in [0.2, 0.25) is 0 Å². The van der Waals surface area contributed by atoms with Gasteiger partial charge in [0.05, 0.1) is 21.6 Å². The van der Waals surface area contributed by atoms with Gasteiger partial charge in [-0.25, -0.2) is 0 Å². The van der Waals surface area contributed by atoms with Crippen molar-refractivity contribution in [2.24, 2.45) is 0 Å². The molecule has 0 aromatic carbocycles. The molecule has 52 valence electrons. The molecule has 6 nitrogen and oxygen atoms in total. The predicted octanol–water partition coefficient (Wildman–Crippen LogP) is -10.1. The van der Waals surface area contributed by atoms with Crippen LogP contribution in [0.1, 0.15) is 0 Å². The first-order valence-electron chi connectivity index (χ1n) is 0.926. The Morgan fingerprint density at radius 2 is 0.556 bits per heavy atom. The second-order valence-electron chi connectivity index (χ2n) is 0.378. The van der Waals surface area contributed by atoms with E-state index in [4.69, 9.17) is 28.0 Å². The molecule has 0 radical (unpaired) electrons. The van der Waals surface area contributed by atoms with E-state index < -0.39 is 21.6 Å². The normalized spacial score (nSPS) is 8.00. The van der Waals surface area contributed by atoms with Crippen LogP contribution >= 0.6 is 0 Å². The zero-order valence-electron chi connectivity index (χ0n) is 4.21. The number of hydrogen-bond acceptors (Lipinski definition) is 6. The van der Waals surface area contributed by atoms with E-state index in [-0.39, 0.29) is 51.4 Å². The minimum Gasteiger partial charge on any atom is -0.357 e. The molecule has 0 spiro atoms. The van der Waals surface area contributed by atoms with Gasteiger partial charge in [-0.15, -0.1) is 0 Å². The van der Waals surface area contributed by atoms with Crippen molar-refractivity contribution < 1.29 is 101 Å². The van der Waals surface area contributed by atoms with Crippen molar-refractivity contribution >= 4 is 0 Å². The van der Waals surface area contributed by atoms with Gasteiger partial charge in [-0.2, -0.15) is 0 Å². The fourth-order valence-corrected chi connectivity index (χ4v) is 0. The Kier molecular flexibility index (Phi) is 24.1. The molecule has 0 heterocycles. The molecule has 0 aliphatic rings.